The van der Waals surface area contributed by atoms with Crippen LogP contribution in [0, 0.1) is 0 Å². The third-order valence-corrected chi connectivity index (χ3v) is 5.61. The molecule has 1 aromatic heterocycles. The Morgan fingerprint density at radius 1 is 1.53 bits per heavy atom. The molecule has 0 saturated carbocycles. The molecule has 2 rings (SSSR count). The first-order valence-corrected chi connectivity index (χ1v) is 8.02. The number of rotatable bonds is 4. The Labute approximate surface area is 119 Å². The van der Waals surface area contributed by atoms with E-state index in [1.165, 1.54) is 12.3 Å². The summed E-state index contributed by atoms with van der Waals surface area (Å²) < 4.78 is 26.8. The number of sulfonamides is 1. The highest BCUT2D eigenvalue weighted by Crippen LogP contribution is 2.29. The van der Waals surface area contributed by atoms with Crippen molar-refractivity contribution in [3.05, 3.63) is 23.5 Å². The lowest BCUT2D eigenvalue weighted by Crippen LogP contribution is -2.41. The van der Waals surface area contributed by atoms with Crippen molar-refractivity contribution in [2.24, 2.45) is 0 Å². The molecular formula is C12H18ClN3O2S. The average molecular weight is 304 g/mol. The molecule has 0 aliphatic carbocycles. The minimum absolute atomic E-state index is 0.0104. The molecule has 1 unspecified atom stereocenters. The molecule has 1 atom stereocenters. The van der Waals surface area contributed by atoms with Crippen molar-refractivity contribution in [1.82, 2.24) is 14.2 Å². The minimum atomic E-state index is -3.55. The van der Waals surface area contributed by atoms with E-state index >= 15 is 0 Å². The Morgan fingerprint density at radius 2 is 2.26 bits per heavy atom. The minimum Gasteiger partial charge on any atom is -0.308 e. The van der Waals surface area contributed by atoms with Gasteiger partial charge in [-0.2, -0.15) is 4.31 Å². The number of pyridine rings is 1. The second-order valence-corrected chi connectivity index (χ2v) is 7.18. The molecule has 0 N–H and O–H groups in total. The molecule has 1 aliphatic rings. The van der Waals surface area contributed by atoms with Crippen LogP contribution in [0.25, 0.3) is 0 Å². The van der Waals surface area contributed by atoms with Gasteiger partial charge in [0.15, 0.2) is 0 Å². The summed E-state index contributed by atoms with van der Waals surface area (Å²) in [5.41, 5.74) is 0. The number of hydrogen-bond acceptors (Lipinski definition) is 4. The molecule has 1 saturated heterocycles. The zero-order chi connectivity index (χ0) is 14.0. The fraction of sp³-hybridized carbons (Fsp3) is 0.583. The number of likely N-dealkylation sites (N-methyl/N-ethyl adjacent to an activating group) is 1. The van der Waals surface area contributed by atoms with Crippen molar-refractivity contribution in [3.8, 4) is 0 Å². The summed E-state index contributed by atoms with van der Waals surface area (Å²) in [6.07, 6.45) is 3.26. The summed E-state index contributed by atoms with van der Waals surface area (Å²) >= 11 is 5.91. The monoisotopic (exact) mass is 303 g/mol. The van der Waals surface area contributed by atoms with Crippen LogP contribution in [0.1, 0.15) is 12.8 Å². The maximum atomic E-state index is 12.6. The predicted molar refractivity (Wildman–Crippen MR) is 74.7 cm³/mol. The van der Waals surface area contributed by atoms with E-state index in [1.54, 1.807) is 10.4 Å². The first-order valence-electron chi connectivity index (χ1n) is 6.20. The average Bonchev–Trinajstić information content (AvgIpc) is 2.77. The topological polar surface area (TPSA) is 53.5 Å². The third-order valence-electron chi connectivity index (χ3n) is 3.21. The predicted octanol–water partition coefficient (Wildman–Crippen LogP) is 1.45. The Morgan fingerprint density at radius 3 is 2.89 bits per heavy atom. The molecule has 1 aliphatic heterocycles. The van der Waals surface area contributed by atoms with Crippen molar-refractivity contribution in [2.75, 3.05) is 27.2 Å². The summed E-state index contributed by atoms with van der Waals surface area (Å²) in [5.74, 6) is 0. The SMILES string of the molecule is CN(C)CC1CCCN1S(=O)(=O)c1cccnc1Cl. The number of hydrogen-bond donors (Lipinski definition) is 0. The normalized spacial score (nSPS) is 21.2. The maximum Gasteiger partial charge on any atom is 0.246 e. The fourth-order valence-corrected chi connectivity index (χ4v) is 4.53. The summed E-state index contributed by atoms with van der Waals surface area (Å²) in [6, 6.07) is 3.11. The first-order chi connectivity index (χ1) is 8.93. The molecule has 1 fully saturated rings. The molecule has 0 spiro atoms. The summed E-state index contributed by atoms with van der Waals surface area (Å²) in [7, 11) is 0.337. The Balaban J connectivity index is 2.32. The van der Waals surface area contributed by atoms with Crippen molar-refractivity contribution in [1.29, 1.82) is 0 Å². The van der Waals surface area contributed by atoms with Crippen LogP contribution in [0.4, 0.5) is 0 Å². The van der Waals surface area contributed by atoms with Gasteiger partial charge in [-0.1, -0.05) is 11.6 Å². The molecule has 0 bridgehead atoms. The van der Waals surface area contributed by atoms with E-state index in [4.69, 9.17) is 11.6 Å². The second-order valence-electron chi connectivity index (χ2n) is 4.97. The van der Waals surface area contributed by atoms with Gasteiger partial charge in [-0.3, -0.25) is 0 Å². The Kier molecular flexibility index (Phi) is 4.45. The highest BCUT2D eigenvalue weighted by atomic mass is 35.5. The lowest BCUT2D eigenvalue weighted by Gasteiger charge is -2.26. The van der Waals surface area contributed by atoms with Crippen molar-refractivity contribution < 1.29 is 8.42 Å². The van der Waals surface area contributed by atoms with Crippen LogP contribution in [0.5, 0.6) is 0 Å². The molecule has 5 nitrogen and oxygen atoms in total. The van der Waals surface area contributed by atoms with E-state index in [9.17, 15) is 8.42 Å². The van der Waals surface area contributed by atoms with Gasteiger partial charge in [0.05, 0.1) is 0 Å². The van der Waals surface area contributed by atoms with Gasteiger partial charge in [-0.25, -0.2) is 13.4 Å². The highest BCUT2D eigenvalue weighted by molar-refractivity contribution is 7.89. The third kappa shape index (κ3) is 3.08. The van der Waals surface area contributed by atoms with Gasteiger partial charge in [-0.05, 0) is 39.1 Å². The van der Waals surface area contributed by atoms with Crippen LogP contribution >= 0.6 is 11.6 Å². The van der Waals surface area contributed by atoms with Gasteiger partial charge in [-0.15, -0.1) is 0 Å². The molecule has 0 amide bonds. The van der Waals surface area contributed by atoms with Gasteiger partial charge in [0.2, 0.25) is 10.0 Å². The molecule has 0 radical (unpaired) electrons. The number of aromatic nitrogens is 1. The van der Waals surface area contributed by atoms with E-state index < -0.39 is 10.0 Å². The van der Waals surface area contributed by atoms with E-state index in [-0.39, 0.29) is 16.1 Å². The summed E-state index contributed by atoms with van der Waals surface area (Å²) in [4.78, 5) is 5.95. The van der Waals surface area contributed by atoms with Gasteiger partial charge in [0, 0.05) is 25.3 Å². The molecular weight excluding hydrogens is 286 g/mol. The van der Waals surface area contributed by atoms with Gasteiger partial charge in [0.1, 0.15) is 10.0 Å². The zero-order valence-corrected chi connectivity index (χ0v) is 12.7. The van der Waals surface area contributed by atoms with Crippen molar-refractivity contribution in [3.63, 3.8) is 0 Å². The first kappa shape index (κ1) is 14.7. The van der Waals surface area contributed by atoms with E-state index in [1.807, 2.05) is 19.0 Å². The standard InChI is InChI=1S/C12H18ClN3O2S/c1-15(2)9-10-5-4-8-16(10)19(17,18)11-6-3-7-14-12(11)13/h3,6-7,10H,4-5,8-9H2,1-2H3. The fourth-order valence-electron chi connectivity index (χ4n) is 2.42. The lowest BCUT2D eigenvalue weighted by atomic mass is 10.2. The van der Waals surface area contributed by atoms with Crippen LogP contribution < -0.4 is 0 Å². The van der Waals surface area contributed by atoms with Gasteiger partial charge >= 0.3 is 0 Å². The quantitative estimate of drug-likeness (QED) is 0.790. The molecule has 106 valence electrons. The van der Waals surface area contributed by atoms with Crippen molar-refractivity contribution >= 4 is 21.6 Å². The van der Waals surface area contributed by atoms with E-state index in [0.717, 1.165) is 19.4 Å². The molecule has 19 heavy (non-hydrogen) atoms. The zero-order valence-electron chi connectivity index (χ0n) is 11.1. The maximum absolute atomic E-state index is 12.6. The van der Waals surface area contributed by atoms with E-state index in [2.05, 4.69) is 4.98 Å². The van der Waals surface area contributed by atoms with Gasteiger partial charge in [0.25, 0.3) is 0 Å². The van der Waals surface area contributed by atoms with E-state index in [0.29, 0.717) is 6.54 Å². The summed E-state index contributed by atoms with van der Waals surface area (Å²) in [6.45, 7) is 1.27. The molecule has 0 aromatic carbocycles. The number of nitrogens with zero attached hydrogens (tertiary/aromatic N) is 3. The smallest absolute Gasteiger partial charge is 0.246 e. The van der Waals surface area contributed by atoms with Crippen LogP contribution in [0.15, 0.2) is 23.2 Å². The van der Waals surface area contributed by atoms with Crippen LogP contribution in [-0.4, -0.2) is 55.8 Å². The second kappa shape index (κ2) is 5.75. The Bertz CT molecular complexity index is 548. The van der Waals surface area contributed by atoms with Crippen molar-refractivity contribution in [2.45, 2.75) is 23.8 Å². The number of halogens is 1. The lowest BCUT2D eigenvalue weighted by molar-refractivity contribution is 0.291. The van der Waals surface area contributed by atoms with Crippen LogP contribution in [0.2, 0.25) is 5.15 Å². The molecule has 2 heterocycles. The summed E-state index contributed by atoms with van der Waals surface area (Å²) in [5, 5.41) is 0.0398. The molecule has 1 aromatic rings. The van der Waals surface area contributed by atoms with Gasteiger partial charge < -0.3 is 4.90 Å². The molecule has 7 heteroatoms. The Hall–Kier alpha value is -0.690. The largest absolute Gasteiger partial charge is 0.308 e. The van der Waals surface area contributed by atoms with Crippen LogP contribution in [0.3, 0.4) is 0 Å². The highest BCUT2D eigenvalue weighted by Gasteiger charge is 2.36. The van der Waals surface area contributed by atoms with Crippen LogP contribution in [-0.2, 0) is 10.0 Å².